The first kappa shape index (κ1) is 25.5. The summed E-state index contributed by atoms with van der Waals surface area (Å²) in [6, 6.07) is 16.5. The van der Waals surface area contributed by atoms with Crippen molar-refractivity contribution in [2.24, 2.45) is 5.92 Å². The number of carbonyl (C=O) groups is 3. The molecule has 2 heterocycles. The molecule has 2 aromatic rings. The number of ether oxygens (including phenoxy) is 1. The number of piperazine rings is 1. The molecular weight excluding hydrogens is 458 g/mol. The summed E-state index contributed by atoms with van der Waals surface area (Å²) in [5, 5.41) is 6.22. The second-order valence-electron chi connectivity index (χ2n) is 9.66. The number of hydrazine groups is 1. The molecule has 9 heteroatoms. The minimum absolute atomic E-state index is 0.0393. The van der Waals surface area contributed by atoms with Gasteiger partial charge in [-0.15, -0.1) is 0 Å². The SMILES string of the molecule is COc1ccc(CCN2C[C@H]3N(C(=O)CN(C)N3C(=O)NCc3ccccc3)[C@@H](C(C)C)C2=O)cc1. The van der Waals surface area contributed by atoms with E-state index in [4.69, 9.17) is 4.74 Å². The van der Waals surface area contributed by atoms with Gasteiger partial charge in [0.25, 0.3) is 0 Å². The predicted octanol–water partition coefficient (Wildman–Crippen LogP) is 2.33. The summed E-state index contributed by atoms with van der Waals surface area (Å²) in [5.41, 5.74) is 2.07. The van der Waals surface area contributed by atoms with E-state index in [0.29, 0.717) is 19.5 Å². The monoisotopic (exact) mass is 493 g/mol. The lowest BCUT2D eigenvalue weighted by Crippen LogP contribution is -2.76. The number of rotatable bonds is 7. The zero-order valence-electron chi connectivity index (χ0n) is 21.4. The third-order valence-corrected chi connectivity index (χ3v) is 6.83. The Morgan fingerprint density at radius 2 is 1.75 bits per heavy atom. The van der Waals surface area contributed by atoms with Crippen LogP contribution < -0.4 is 10.1 Å². The second-order valence-corrected chi connectivity index (χ2v) is 9.66. The molecule has 0 aromatic heterocycles. The van der Waals surface area contributed by atoms with Crippen molar-refractivity contribution in [3.63, 3.8) is 0 Å². The summed E-state index contributed by atoms with van der Waals surface area (Å²) in [6.45, 7) is 5.05. The van der Waals surface area contributed by atoms with Crippen molar-refractivity contribution in [1.29, 1.82) is 0 Å². The third kappa shape index (κ3) is 5.31. The molecule has 192 valence electrons. The lowest BCUT2D eigenvalue weighted by Gasteiger charge is -2.55. The van der Waals surface area contributed by atoms with E-state index >= 15 is 0 Å². The largest absolute Gasteiger partial charge is 0.497 e. The number of fused-ring (bicyclic) bond motifs is 1. The summed E-state index contributed by atoms with van der Waals surface area (Å²) >= 11 is 0. The highest BCUT2D eigenvalue weighted by atomic mass is 16.5. The smallest absolute Gasteiger partial charge is 0.334 e. The molecule has 9 nitrogen and oxygen atoms in total. The molecule has 2 aromatic carbocycles. The van der Waals surface area contributed by atoms with Gasteiger partial charge in [0, 0.05) is 20.1 Å². The molecule has 0 radical (unpaired) electrons. The van der Waals surface area contributed by atoms with Crippen LogP contribution in [0.15, 0.2) is 54.6 Å². The fourth-order valence-electron chi connectivity index (χ4n) is 4.97. The van der Waals surface area contributed by atoms with Crippen LogP contribution in [0, 0.1) is 5.92 Å². The van der Waals surface area contributed by atoms with Gasteiger partial charge >= 0.3 is 6.03 Å². The van der Waals surface area contributed by atoms with Crippen molar-refractivity contribution < 1.29 is 19.1 Å². The van der Waals surface area contributed by atoms with Gasteiger partial charge in [0.2, 0.25) is 11.8 Å². The Morgan fingerprint density at radius 1 is 1.06 bits per heavy atom. The normalized spacial score (nSPS) is 20.5. The Kier molecular flexibility index (Phi) is 7.79. The summed E-state index contributed by atoms with van der Waals surface area (Å²) in [4.78, 5) is 43.5. The summed E-state index contributed by atoms with van der Waals surface area (Å²) in [5.74, 6) is 0.475. The van der Waals surface area contributed by atoms with Gasteiger partial charge in [0.05, 0.1) is 20.2 Å². The Balaban J connectivity index is 1.54. The fraction of sp³-hybridized carbons (Fsp3) is 0.444. The van der Waals surface area contributed by atoms with Crippen molar-refractivity contribution in [3.8, 4) is 5.75 Å². The number of amides is 4. The number of hydrogen-bond donors (Lipinski definition) is 1. The molecule has 2 saturated heterocycles. The highest BCUT2D eigenvalue weighted by Crippen LogP contribution is 2.29. The molecule has 0 spiro atoms. The number of likely N-dealkylation sites (N-methyl/N-ethyl adjacent to an activating group) is 1. The van der Waals surface area contributed by atoms with E-state index in [1.807, 2.05) is 68.4 Å². The van der Waals surface area contributed by atoms with Crippen LogP contribution in [0.2, 0.25) is 0 Å². The first-order valence-electron chi connectivity index (χ1n) is 12.3. The molecule has 0 saturated carbocycles. The number of nitrogens with one attached hydrogen (secondary N) is 1. The van der Waals surface area contributed by atoms with Gasteiger partial charge in [0.15, 0.2) is 0 Å². The Hall–Kier alpha value is -3.59. The molecule has 2 aliphatic rings. The number of hydrogen-bond acceptors (Lipinski definition) is 5. The van der Waals surface area contributed by atoms with Gasteiger partial charge in [-0.25, -0.2) is 14.8 Å². The summed E-state index contributed by atoms with van der Waals surface area (Å²) in [6.07, 6.45) is 0.0880. The maximum absolute atomic E-state index is 13.5. The topological polar surface area (TPSA) is 85.4 Å². The standard InChI is InChI=1S/C27H35N5O4/c1-19(2)25-26(34)30(15-14-20-10-12-22(36-4)13-11-20)17-23-31(25)24(33)18-29(3)32(23)27(35)28-16-21-8-6-5-7-9-21/h5-13,19,23,25H,14-18H2,1-4H3,(H,28,35)/t23-,25-/m0/s1. The van der Waals surface area contributed by atoms with E-state index < -0.39 is 12.2 Å². The molecule has 36 heavy (non-hydrogen) atoms. The zero-order chi connectivity index (χ0) is 25.8. The average molecular weight is 494 g/mol. The van der Waals surface area contributed by atoms with E-state index in [2.05, 4.69) is 5.32 Å². The molecule has 4 amide bonds. The zero-order valence-corrected chi connectivity index (χ0v) is 21.4. The first-order valence-corrected chi connectivity index (χ1v) is 12.3. The van der Waals surface area contributed by atoms with Gasteiger partial charge in [-0.3, -0.25) is 9.59 Å². The van der Waals surface area contributed by atoms with Crippen LogP contribution in [-0.4, -0.2) is 83.7 Å². The molecule has 4 rings (SSSR count). The first-order chi connectivity index (χ1) is 17.3. The van der Waals surface area contributed by atoms with E-state index in [9.17, 15) is 14.4 Å². The van der Waals surface area contributed by atoms with Crippen molar-refractivity contribution in [3.05, 3.63) is 65.7 Å². The highest BCUT2D eigenvalue weighted by molar-refractivity contribution is 5.91. The van der Waals surface area contributed by atoms with Crippen molar-refractivity contribution >= 4 is 17.8 Å². The van der Waals surface area contributed by atoms with Crippen molar-refractivity contribution in [2.45, 2.75) is 39.0 Å². The van der Waals surface area contributed by atoms with E-state index in [1.54, 1.807) is 34.0 Å². The van der Waals surface area contributed by atoms with Crippen LogP contribution >= 0.6 is 0 Å². The number of nitrogens with zero attached hydrogens (tertiary/aromatic N) is 4. The third-order valence-electron chi connectivity index (χ3n) is 6.83. The van der Waals surface area contributed by atoms with Crippen LogP contribution in [0.3, 0.4) is 0 Å². The molecule has 0 aliphatic carbocycles. The molecule has 0 bridgehead atoms. The number of urea groups is 1. The quantitative estimate of drug-likeness (QED) is 0.640. The van der Waals surface area contributed by atoms with Gasteiger partial charge in [-0.2, -0.15) is 0 Å². The van der Waals surface area contributed by atoms with E-state index in [1.165, 1.54) is 0 Å². The predicted molar refractivity (Wildman–Crippen MR) is 136 cm³/mol. The number of carbonyl (C=O) groups excluding carboxylic acids is 3. The van der Waals surface area contributed by atoms with Crippen LogP contribution in [0.25, 0.3) is 0 Å². The van der Waals surface area contributed by atoms with Gasteiger partial charge in [-0.05, 0) is 35.6 Å². The molecule has 2 fully saturated rings. The molecule has 2 atom stereocenters. The maximum atomic E-state index is 13.5. The number of benzene rings is 2. The van der Waals surface area contributed by atoms with Gasteiger partial charge < -0.3 is 19.9 Å². The van der Waals surface area contributed by atoms with Crippen LogP contribution in [-0.2, 0) is 22.6 Å². The lowest BCUT2D eigenvalue weighted by molar-refractivity contribution is -0.189. The molecule has 1 N–H and O–H groups in total. The fourth-order valence-corrected chi connectivity index (χ4v) is 4.97. The van der Waals surface area contributed by atoms with Crippen LogP contribution in [0.5, 0.6) is 5.75 Å². The van der Waals surface area contributed by atoms with Crippen LogP contribution in [0.4, 0.5) is 4.79 Å². The number of methoxy groups -OCH3 is 1. The van der Waals surface area contributed by atoms with Crippen molar-refractivity contribution in [2.75, 3.05) is 33.8 Å². The van der Waals surface area contributed by atoms with E-state index in [0.717, 1.165) is 16.9 Å². The Labute approximate surface area is 212 Å². The molecule has 2 aliphatic heterocycles. The second kappa shape index (κ2) is 11.0. The maximum Gasteiger partial charge on any atom is 0.334 e. The average Bonchev–Trinajstić information content (AvgIpc) is 2.87. The van der Waals surface area contributed by atoms with Gasteiger partial charge in [-0.1, -0.05) is 56.3 Å². The molecule has 0 unspecified atom stereocenters. The van der Waals surface area contributed by atoms with Gasteiger partial charge in [0.1, 0.15) is 18.0 Å². The Morgan fingerprint density at radius 3 is 2.39 bits per heavy atom. The minimum atomic E-state index is -0.620. The van der Waals surface area contributed by atoms with Crippen molar-refractivity contribution in [1.82, 2.24) is 25.1 Å². The Bertz CT molecular complexity index is 1080. The van der Waals surface area contributed by atoms with Crippen LogP contribution in [0.1, 0.15) is 25.0 Å². The molecular formula is C27H35N5O4. The summed E-state index contributed by atoms with van der Waals surface area (Å²) < 4.78 is 5.23. The minimum Gasteiger partial charge on any atom is -0.497 e. The summed E-state index contributed by atoms with van der Waals surface area (Å²) in [7, 11) is 3.36. The lowest BCUT2D eigenvalue weighted by atomic mass is 9.96. The highest BCUT2D eigenvalue weighted by Gasteiger charge is 2.51. The van der Waals surface area contributed by atoms with E-state index in [-0.39, 0.29) is 36.9 Å².